The molecule has 0 spiro atoms. The standard InChI is InChI=1S/C11H22O2/c1-9-8-10(13-7-6-12)4-5-11(9,2)3/h9-10,12H,4-8H2,1-3H3/t9?,10-/m0/s1. The van der Waals surface area contributed by atoms with Crippen molar-refractivity contribution in [3.63, 3.8) is 0 Å². The molecule has 1 N–H and O–H groups in total. The van der Waals surface area contributed by atoms with Crippen molar-refractivity contribution in [3.8, 4) is 0 Å². The van der Waals surface area contributed by atoms with Gasteiger partial charge in [0.25, 0.3) is 0 Å². The third kappa shape index (κ3) is 2.96. The molecule has 1 unspecified atom stereocenters. The SMILES string of the molecule is CC1C[C@@H](OCCO)CCC1(C)C. The maximum absolute atomic E-state index is 8.64. The van der Waals surface area contributed by atoms with Gasteiger partial charge in [0.15, 0.2) is 0 Å². The monoisotopic (exact) mass is 186 g/mol. The molecule has 1 aliphatic carbocycles. The largest absolute Gasteiger partial charge is 0.394 e. The molecule has 1 aliphatic rings. The van der Waals surface area contributed by atoms with Gasteiger partial charge < -0.3 is 9.84 Å². The summed E-state index contributed by atoms with van der Waals surface area (Å²) < 4.78 is 5.55. The fourth-order valence-corrected chi connectivity index (χ4v) is 1.98. The third-order valence-corrected chi connectivity index (χ3v) is 3.51. The van der Waals surface area contributed by atoms with Crippen molar-refractivity contribution >= 4 is 0 Å². The Kier molecular flexibility index (Phi) is 3.74. The van der Waals surface area contributed by atoms with Crippen LogP contribution in [-0.4, -0.2) is 24.4 Å². The zero-order valence-corrected chi connectivity index (χ0v) is 9.05. The van der Waals surface area contributed by atoms with E-state index < -0.39 is 0 Å². The fraction of sp³-hybridized carbons (Fsp3) is 1.00. The number of hydrogen-bond donors (Lipinski definition) is 1. The summed E-state index contributed by atoms with van der Waals surface area (Å²) in [5.41, 5.74) is 0.471. The summed E-state index contributed by atoms with van der Waals surface area (Å²) in [5.74, 6) is 0.727. The first-order valence-electron chi connectivity index (χ1n) is 5.28. The number of ether oxygens (including phenoxy) is 1. The van der Waals surface area contributed by atoms with Crippen LogP contribution in [0.2, 0.25) is 0 Å². The second-order valence-electron chi connectivity index (χ2n) is 4.88. The summed E-state index contributed by atoms with van der Waals surface area (Å²) >= 11 is 0. The molecular weight excluding hydrogens is 164 g/mol. The Morgan fingerprint density at radius 3 is 2.69 bits per heavy atom. The van der Waals surface area contributed by atoms with Crippen LogP contribution in [0.15, 0.2) is 0 Å². The van der Waals surface area contributed by atoms with Crippen molar-refractivity contribution in [3.05, 3.63) is 0 Å². The van der Waals surface area contributed by atoms with Crippen LogP contribution < -0.4 is 0 Å². The van der Waals surface area contributed by atoms with Crippen LogP contribution in [0.1, 0.15) is 40.0 Å². The molecule has 0 saturated heterocycles. The molecule has 1 fully saturated rings. The molecule has 0 heterocycles. The number of aliphatic hydroxyl groups is 1. The van der Waals surface area contributed by atoms with Crippen LogP contribution in [0, 0.1) is 11.3 Å². The average Bonchev–Trinajstić information content (AvgIpc) is 2.07. The van der Waals surface area contributed by atoms with Crippen LogP contribution in [-0.2, 0) is 4.74 Å². The van der Waals surface area contributed by atoms with Crippen LogP contribution in [0.25, 0.3) is 0 Å². The second kappa shape index (κ2) is 4.43. The Morgan fingerprint density at radius 1 is 1.46 bits per heavy atom. The van der Waals surface area contributed by atoms with Crippen molar-refractivity contribution in [2.75, 3.05) is 13.2 Å². The lowest BCUT2D eigenvalue weighted by Gasteiger charge is -2.40. The number of hydrogen-bond acceptors (Lipinski definition) is 2. The fourth-order valence-electron chi connectivity index (χ4n) is 1.98. The zero-order chi connectivity index (χ0) is 9.90. The predicted molar refractivity (Wildman–Crippen MR) is 53.6 cm³/mol. The van der Waals surface area contributed by atoms with Gasteiger partial charge in [0.05, 0.1) is 19.3 Å². The molecular formula is C11H22O2. The Balaban J connectivity index is 2.33. The molecule has 2 heteroatoms. The van der Waals surface area contributed by atoms with Crippen molar-refractivity contribution in [1.29, 1.82) is 0 Å². The van der Waals surface area contributed by atoms with Crippen LogP contribution in [0.3, 0.4) is 0 Å². The highest BCUT2D eigenvalue weighted by atomic mass is 16.5. The van der Waals surface area contributed by atoms with Gasteiger partial charge in [-0.2, -0.15) is 0 Å². The summed E-state index contributed by atoms with van der Waals surface area (Å²) in [7, 11) is 0. The Morgan fingerprint density at radius 2 is 2.15 bits per heavy atom. The van der Waals surface area contributed by atoms with Gasteiger partial charge >= 0.3 is 0 Å². The lowest BCUT2D eigenvalue weighted by atomic mass is 9.69. The molecule has 0 bridgehead atoms. The highest BCUT2D eigenvalue weighted by molar-refractivity contribution is 4.84. The molecule has 0 radical (unpaired) electrons. The molecule has 1 rings (SSSR count). The summed E-state index contributed by atoms with van der Waals surface area (Å²) in [6.07, 6.45) is 3.92. The highest BCUT2D eigenvalue weighted by Crippen LogP contribution is 2.40. The molecule has 13 heavy (non-hydrogen) atoms. The molecule has 2 atom stereocenters. The maximum atomic E-state index is 8.64. The number of aliphatic hydroxyl groups excluding tert-OH is 1. The Bertz CT molecular complexity index is 154. The minimum Gasteiger partial charge on any atom is -0.394 e. The lowest BCUT2D eigenvalue weighted by Crippen LogP contribution is -2.34. The smallest absolute Gasteiger partial charge is 0.0701 e. The molecule has 0 aromatic heterocycles. The van der Waals surface area contributed by atoms with Gasteiger partial charge in [0.2, 0.25) is 0 Å². The lowest BCUT2D eigenvalue weighted by molar-refractivity contribution is -0.0318. The van der Waals surface area contributed by atoms with Crippen molar-refractivity contribution in [1.82, 2.24) is 0 Å². The minimum absolute atomic E-state index is 0.147. The van der Waals surface area contributed by atoms with Gasteiger partial charge in [-0.3, -0.25) is 0 Å². The van der Waals surface area contributed by atoms with E-state index in [1.54, 1.807) is 0 Å². The van der Waals surface area contributed by atoms with Crippen LogP contribution >= 0.6 is 0 Å². The van der Waals surface area contributed by atoms with E-state index >= 15 is 0 Å². The number of rotatable bonds is 3. The van der Waals surface area contributed by atoms with E-state index in [2.05, 4.69) is 20.8 Å². The van der Waals surface area contributed by atoms with E-state index in [1.807, 2.05) is 0 Å². The quantitative estimate of drug-likeness (QED) is 0.732. The van der Waals surface area contributed by atoms with E-state index in [0.717, 1.165) is 18.8 Å². The van der Waals surface area contributed by atoms with E-state index in [4.69, 9.17) is 9.84 Å². The molecule has 0 aliphatic heterocycles. The van der Waals surface area contributed by atoms with Gasteiger partial charge in [-0.25, -0.2) is 0 Å². The van der Waals surface area contributed by atoms with Gasteiger partial charge in [0.1, 0.15) is 0 Å². The Labute approximate surface area is 81.3 Å². The normalized spacial score (nSPS) is 33.2. The molecule has 1 saturated carbocycles. The molecule has 2 nitrogen and oxygen atoms in total. The van der Waals surface area contributed by atoms with Gasteiger partial charge in [0, 0.05) is 0 Å². The summed E-state index contributed by atoms with van der Waals surface area (Å²) in [6.45, 7) is 7.61. The zero-order valence-electron chi connectivity index (χ0n) is 9.05. The van der Waals surface area contributed by atoms with E-state index in [-0.39, 0.29) is 6.61 Å². The highest BCUT2D eigenvalue weighted by Gasteiger charge is 2.33. The molecule has 0 amide bonds. The van der Waals surface area contributed by atoms with Crippen LogP contribution in [0.4, 0.5) is 0 Å². The van der Waals surface area contributed by atoms with Gasteiger partial charge in [-0.1, -0.05) is 20.8 Å². The predicted octanol–water partition coefficient (Wildman–Crippen LogP) is 2.21. The first kappa shape index (κ1) is 11.0. The van der Waals surface area contributed by atoms with Crippen molar-refractivity contribution < 1.29 is 9.84 Å². The first-order valence-corrected chi connectivity index (χ1v) is 5.28. The maximum Gasteiger partial charge on any atom is 0.0701 e. The molecule has 0 aromatic rings. The minimum atomic E-state index is 0.147. The van der Waals surface area contributed by atoms with E-state index in [9.17, 15) is 0 Å². The van der Waals surface area contributed by atoms with Crippen molar-refractivity contribution in [2.45, 2.75) is 46.1 Å². The summed E-state index contributed by atoms with van der Waals surface area (Å²) in [6, 6.07) is 0. The third-order valence-electron chi connectivity index (χ3n) is 3.51. The van der Waals surface area contributed by atoms with Gasteiger partial charge in [-0.05, 0) is 30.6 Å². The van der Waals surface area contributed by atoms with Crippen molar-refractivity contribution in [2.24, 2.45) is 11.3 Å². The first-order chi connectivity index (χ1) is 6.06. The second-order valence-corrected chi connectivity index (χ2v) is 4.88. The average molecular weight is 186 g/mol. The molecule has 78 valence electrons. The van der Waals surface area contributed by atoms with Crippen LogP contribution in [0.5, 0.6) is 0 Å². The van der Waals surface area contributed by atoms with E-state index in [0.29, 0.717) is 18.1 Å². The summed E-state index contributed by atoms with van der Waals surface area (Å²) in [4.78, 5) is 0. The van der Waals surface area contributed by atoms with E-state index in [1.165, 1.54) is 6.42 Å². The van der Waals surface area contributed by atoms with Gasteiger partial charge in [-0.15, -0.1) is 0 Å². The Hall–Kier alpha value is -0.0800. The molecule has 0 aromatic carbocycles. The topological polar surface area (TPSA) is 29.5 Å². The summed E-state index contributed by atoms with van der Waals surface area (Å²) in [5, 5.41) is 8.64.